The van der Waals surface area contributed by atoms with Crippen molar-refractivity contribution in [2.75, 3.05) is 11.5 Å². The van der Waals surface area contributed by atoms with Crippen molar-refractivity contribution in [2.45, 2.75) is 25.2 Å². The molecule has 3 aromatic rings. The average Bonchev–Trinajstić information content (AvgIpc) is 3.16. The van der Waals surface area contributed by atoms with Crippen LogP contribution in [0.4, 0.5) is 0 Å². The number of fused-ring (bicyclic) bond motifs is 1. The van der Waals surface area contributed by atoms with E-state index in [-0.39, 0.29) is 22.8 Å². The van der Waals surface area contributed by atoms with Gasteiger partial charge in [-0.2, -0.15) is 4.98 Å². The molecule has 5 rings (SSSR count). The minimum Gasteiger partial charge on any atom is -0.339 e. The van der Waals surface area contributed by atoms with Gasteiger partial charge in [0.1, 0.15) is 5.69 Å². The van der Waals surface area contributed by atoms with Gasteiger partial charge in [-0.1, -0.05) is 35.8 Å². The number of hydrogen-bond donors (Lipinski definition) is 0. The van der Waals surface area contributed by atoms with E-state index in [0.717, 1.165) is 30.2 Å². The standard InChI is InChI=1S/C18H17N3O3S/c22-25(23)10-13(18(11-25)8-3-9-18)17-20-16(21-24-17)15-7-6-12-4-1-2-5-14(12)19-15/h1-2,4-7,13H,3,8-11H2. The predicted molar refractivity (Wildman–Crippen MR) is 92.7 cm³/mol. The number of rotatable bonds is 2. The predicted octanol–water partition coefficient (Wildman–Crippen LogP) is 2.97. The smallest absolute Gasteiger partial charge is 0.231 e. The molecule has 1 aromatic carbocycles. The highest BCUT2D eigenvalue weighted by atomic mass is 32.2. The lowest BCUT2D eigenvalue weighted by Crippen LogP contribution is -2.35. The minimum absolute atomic E-state index is 0.111. The van der Waals surface area contributed by atoms with Gasteiger partial charge >= 0.3 is 0 Å². The molecular formula is C18H17N3O3S. The van der Waals surface area contributed by atoms with E-state index in [9.17, 15) is 8.42 Å². The SMILES string of the molecule is O=S1(=O)CC(c2nc(-c3ccc4ccccc4n3)no2)C2(CCC2)C1. The number of para-hydroxylation sites is 1. The summed E-state index contributed by atoms with van der Waals surface area (Å²) in [5.74, 6) is 1.02. The maximum atomic E-state index is 12.1. The zero-order valence-corrected chi connectivity index (χ0v) is 14.4. The Balaban J connectivity index is 1.52. The van der Waals surface area contributed by atoms with Crippen molar-refractivity contribution in [3.05, 3.63) is 42.3 Å². The molecule has 0 bridgehead atoms. The van der Waals surface area contributed by atoms with Gasteiger partial charge in [0.25, 0.3) is 0 Å². The molecule has 0 amide bonds. The van der Waals surface area contributed by atoms with Crippen LogP contribution in [0.1, 0.15) is 31.1 Å². The topological polar surface area (TPSA) is 86.0 Å². The van der Waals surface area contributed by atoms with Crippen LogP contribution in [-0.4, -0.2) is 35.0 Å². The second-order valence-corrected chi connectivity index (χ2v) is 9.28. The summed E-state index contributed by atoms with van der Waals surface area (Å²) in [6.45, 7) is 0. The van der Waals surface area contributed by atoms with Gasteiger partial charge in [-0.15, -0.1) is 0 Å². The Morgan fingerprint density at radius 3 is 2.72 bits per heavy atom. The van der Waals surface area contributed by atoms with Crippen molar-refractivity contribution >= 4 is 20.7 Å². The van der Waals surface area contributed by atoms with E-state index >= 15 is 0 Å². The zero-order valence-electron chi connectivity index (χ0n) is 13.6. The summed E-state index contributed by atoms with van der Waals surface area (Å²) >= 11 is 0. The van der Waals surface area contributed by atoms with Crippen molar-refractivity contribution in [1.29, 1.82) is 0 Å². The van der Waals surface area contributed by atoms with Crippen LogP contribution in [0.15, 0.2) is 40.9 Å². The van der Waals surface area contributed by atoms with Crippen LogP contribution in [0.3, 0.4) is 0 Å². The molecule has 1 unspecified atom stereocenters. The Labute approximate surface area is 145 Å². The van der Waals surface area contributed by atoms with E-state index < -0.39 is 9.84 Å². The van der Waals surface area contributed by atoms with Crippen LogP contribution < -0.4 is 0 Å². The molecule has 0 N–H and O–H groups in total. The normalized spacial score (nSPS) is 23.8. The second kappa shape index (κ2) is 5.11. The number of pyridine rings is 1. The summed E-state index contributed by atoms with van der Waals surface area (Å²) in [4.78, 5) is 9.09. The Morgan fingerprint density at radius 1 is 1.08 bits per heavy atom. The van der Waals surface area contributed by atoms with E-state index in [1.165, 1.54) is 0 Å². The molecule has 7 heteroatoms. The van der Waals surface area contributed by atoms with Gasteiger partial charge < -0.3 is 4.52 Å². The molecule has 1 spiro atoms. The lowest BCUT2D eigenvalue weighted by atomic mass is 9.63. The molecule has 1 saturated heterocycles. The van der Waals surface area contributed by atoms with Crippen molar-refractivity contribution in [3.8, 4) is 11.5 Å². The monoisotopic (exact) mass is 355 g/mol. The van der Waals surface area contributed by atoms with Crippen molar-refractivity contribution < 1.29 is 12.9 Å². The molecule has 2 fully saturated rings. The molecular weight excluding hydrogens is 338 g/mol. The van der Waals surface area contributed by atoms with Crippen LogP contribution in [0, 0.1) is 5.41 Å². The summed E-state index contributed by atoms with van der Waals surface area (Å²) in [6.07, 6.45) is 2.91. The van der Waals surface area contributed by atoms with E-state index in [1.54, 1.807) is 0 Å². The van der Waals surface area contributed by atoms with Crippen LogP contribution in [0.25, 0.3) is 22.4 Å². The third kappa shape index (κ3) is 2.37. The quantitative estimate of drug-likeness (QED) is 0.702. The van der Waals surface area contributed by atoms with Gasteiger partial charge in [-0.25, -0.2) is 13.4 Å². The number of hydrogen-bond acceptors (Lipinski definition) is 6. The molecule has 2 aromatic heterocycles. The van der Waals surface area contributed by atoms with Crippen LogP contribution in [0.5, 0.6) is 0 Å². The van der Waals surface area contributed by atoms with E-state index in [1.807, 2.05) is 36.4 Å². The molecule has 1 saturated carbocycles. The summed E-state index contributed by atoms with van der Waals surface area (Å²) in [5.41, 5.74) is 1.31. The summed E-state index contributed by atoms with van der Waals surface area (Å²) in [6, 6.07) is 11.7. The van der Waals surface area contributed by atoms with E-state index in [0.29, 0.717) is 17.4 Å². The first-order valence-corrected chi connectivity index (χ1v) is 10.3. The minimum atomic E-state index is -3.04. The first-order valence-electron chi connectivity index (χ1n) is 8.45. The molecule has 1 atom stereocenters. The highest BCUT2D eigenvalue weighted by Crippen LogP contribution is 2.56. The number of benzene rings is 1. The van der Waals surface area contributed by atoms with Gasteiger partial charge in [0, 0.05) is 5.39 Å². The molecule has 1 aliphatic carbocycles. The fraction of sp³-hybridized carbons (Fsp3) is 0.389. The number of sulfone groups is 1. The lowest BCUT2D eigenvalue weighted by Gasteiger charge is -2.40. The van der Waals surface area contributed by atoms with E-state index in [4.69, 9.17) is 4.52 Å². The fourth-order valence-corrected chi connectivity index (χ4v) is 6.64. The second-order valence-electron chi connectivity index (χ2n) is 7.17. The third-order valence-electron chi connectivity index (χ3n) is 5.58. The Morgan fingerprint density at radius 2 is 1.92 bits per heavy atom. The maximum absolute atomic E-state index is 12.1. The molecule has 6 nitrogen and oxygen atoms in total. The van der Waals surface area contributed by atoms with Gasteiger partial charge in [0.05, 0.1) is 22.9 Å². The average molecular weight is 355 g/mol. The largest absolute Gasteiger partial charge is 0.339 e. The fourth-order valence-electron chi connectivity index (χ4n) is 4.16. The van der Waals surface area contributed by atoms with Crippen molar-refractivity contribution in [1.82, 2.24) is 15.1 Å². The number of nitrogens with zero attached hydrogens (tertiary/aromatic N) is 3. The van der Waals surface area contributed by atoms with Gasteiger partial charge in [-0.05, 0) is 30.4 Å². The molecule has 0 radical (unpaired) electrons. The number of aromatic nitrogens is 3. The van der Waals surface area contributed by atoms with Crippen LogP contribution in [0.2, 0.25) is 0 Å². The molecule has 1 aliphatic heterocycles. The van der Waals surface area contributed by atoms with Crippen LogP contribution in [-0.2, 0) is 9.84 Å². The summed E-state index contributed by atoms with van der Waals surface area (Å²) in [7, 11) is -3.04. The summed E-state index contributed by atoms with van der Waals surface area (Å²) < 4.78 is 29.8. The summed E-state index contributed by atoms with van der Waals surface area (Å²) in [5, 5.41) is 5.11. The zero-order chi connectivity index (χ0) is 17.1. The molecule has 25 heavy (non-hydrogen) atoms. The van der Waals surface area contributed by atoms with Crippen LogP contribution >= 0.6 is 0 Å². The molecule has 2 aliphatic rings. The van der Waals surface area contributed by atoms with E-state index in [2.05, 4.69) is 15.1 Å². The van der Waals surface area contributed by atoms with Gasteiger partial charge in [0.2, 0.25) is 11.7 Å². The lowest BCUT2D eigenvalue weighted by molar-refractivity contribution is 0.123. The first-order chi connectivity index (χ1) is 12.0. The van der Waals surface area contributed by atoms with Gasteiger partial charge in [0.15, 0.2) is 9.84 Å². The Kier molecular flexibility index (Phi) is 3.07. The molecule has 3 heterocycles. The highest BCUT2D eigenvalue weighted by molar-refractivity contribution is 7.91. The first kappa shape index (κ1) is 15.0. The third-order valence-corrected chi connectivity index (χ3v) is 7.44. The highest BCUT2D eigenvalue weighted by Gasteiger charge is 2.56. The molecule has 128 valence electrons. The van der Waals surface area contributed by atoms with Crippen molar-refractivity contribution in [2.24, 2.45) is 5.41 Å². The Bertz CT molecular complexity index is 1070. The Hall–Kier alpha value is -2.28. The maximum Gasteiger partial charge on any atom is 0.231 e. The van der Waals surface area contributed by atoms with Crippen molar-refractivity contribution in [3.63, 3.8) is 0 Å². The van der Waals surface area contributed by atoms with Gasteiger partial charge in [-0.3, -0.25) is 0 Å².